The van der Waals surface area contributed by atoms with E-state index in [1.807, 2.05) is 0 Å². The van der Waals surface area contributed by atoms with E-state index in [9.17, 15) is 8.42 Å². The van der Waals surface area contributed by atoms with E-state index in [-0.39, 0.29) is 10.3 Å². The van der Waals surface area contributed by atoms with E-state index >= 15 is 0 Å². The fourth-order valence-corrected chi connectivity index (χ4v) is 5.42. The van der Waals surface area contributed by atoms with Gasteiger partial charge < -0.3 is 0 Å². The molecule has 1 N–H and O–H groups in total. The zero-order chi connectivity index (χ0) is 16.4. The third kappa shape index (κ3) is 3.95. The number of fused-ring (bicyclic) bond motifs is 1. The summed E-state index contributed by atoms with van der Waals surface area (Å²) in [5.74, 6) is 0. The predicted octanol–water partition coefficient (Wildman–Crippen LogP) is 3.13. The summed E-state index contributed by atoms with van der Waals surface area (Å²) in [4.78, 5) is 2.31. The summed E-state index contributed by atoms with van der Waals surface area (Å²) in [6.45, 7) is 4.26. The Kier molecular flexibility index (Phi) is 5.08. The molecule has 0 saturated carbocycles. The van der Waals surface area contributed by atoms with Crippen molar-refractivity contribution in [2.45, 2.75) is 30.1 Å². The van der Waals surface area contributed by atoms with Crippen molar-refractivity contribution in [2.24, 2.45) is 0 Å². The van der Waals surface area contributed by atoms with Gasteiger partial charge in [0.05, 0.1) is 4.34 Å². The number of hydrogen-bond acceptors (Lipinski definition) is 4. The molecule has 4 nitrogen and oxygen atoms in total. The van der Waals surface area contributed by atoms with Gasteiger partial charge in [0.25, 0.3) is 0 Å². The molecule has 0 amide bonds. The Morgan fingerprint density at radius 1 is 1.26 bits per heavy atom. The summed E-state index contributed by atoms with van der Waals surface area (Å²) in [6, 6.07) is 11.7. The Balaban J connectivity index is 1.61. The van der Waals surface area contributed by atoms with Gasteiger partial charge in [-0.15, -0.1) is 11.3 Å². The first-order valence-corrected chi connectivity index (χ1v) is 10.2. The summed E-state index contributed by atoms with van der Waals surface area (Å²) in [6.07, 6.45) is 1.01. The minimum atomic E-state index is -3.48. The van der Waals surface area contributed by atoms with Gasteiger partial charge in [-0.25, -0.2) is 13.1 Å². The lowest BCUT2D eigenvalue weighted by atomic mass is 9.99. The van der Waals surface area contributed by atoms with Crippen LogP contribution in [0.3, 0.4) is 0 Å². The Bertz CT molecular complexity index is 789. The molecule has 23 heavy (non-hydrogen) atoms. The Morgan fingerprint density at radius 2 is 2.00 bits per heavy atom. The maximum atomic E-state index is 12.3. The van der Waals surface area contributed by atoms with Gasteiger partial charge in [-0.05, 0) is 36.6 Å². The van der Waals surface area contributed by atoms with E-state index in [4.69, 9.17) is 11.6 Å². The van der Waals surface area contributed by atoms with Crippen LogP contribution in [0.15, 0.2) is 40.6 Å². The van der Waals surface area contributed by atoms with Gasteiger partial charge in [-0.3, -0.25) is 4.90 Å². The largest absolute Gasteiger partial charge is 0.295 e. The second-order valence-electron chi connectivity index (χ2n) is 5.75. The van der Waals surface area contributed by atoms with Crippen molar-refractivity contribution in [3.63, 3.8) is 0 Å². The van der Waals surface area contributed by atoms with Crippen molar-refractivity contribution in [1.82, 2.24) is 9.62 Å². The average molecular weight is 371 g/mol. The first-order valence-electron chi connectivity index (χ1n) is 7.51. The van der Waals surface area contributed by atoms with Crippen LogP contribution in [-0.4, -0.2) is 32.4 Å². The van der Waals surface area contributed by atoms with Crippen LogP contribution in [0.5, 0.6) is 0 Å². The molecule has 2 aromatic rings. The van der Waals surface area contributed by atoms with Crippen molar-refractivity contribution < 1.29 is 8.42 Å². The number of sulfonamides is 1. The van der Waals surface area contributed by atoms with Crippen molar-refractivity contribution in [1.29, 1.82) is 0 Å². The van der Waals surface area contributed by atoms with Gasteiger partial charge in [0.2, 0.25) is 10.0 Å². The molecule has 0 spiro atoms. The molecule has 1 aromatic carbocycles. The minimum absolute atomic E-state index is 0.133. The molecule has 0 aliphatic carbocycles. The maximum absolute atomic E-state index is 12.3. The molecule has 0 radical (unpaired) electrons. The number of benzene rings is 1. The van der Waals surface area contributed by atoms with E-state index < -0.39 is 10.0 Å². The summed E-state index contributed by atoms with van der Waals surface area (Å²) in [5, 5.41) is 0. The molecule has 0 fully saturated rings. The van der Waals surface area contributed by atoms with Crippen LogP contribution in [0.25, 0.3) is 0 Å². The van der Waals surface area contributed by atoms with E-state index in [1.54, 1.807) is 6.07 Å². The summed E-state index contributed by atoms with van der Waals surface area (Å²) in [5.41, 5.74) is 2.73. The van der Waals surface area contributed by atoms with Crippen LogP contribution < -0.4 is 4.72 Å². The molecule has 1 aliphatic rings. The first kappa shape index (κ1) is 16.9. The molecule has 2 heterocycles. The molecule has 124 valence electrons. The van der Waals surface area contributed by atoms with E-state index in [0.29, 0.717) is 10.9 Å². The Morgan fingerprint density at radius 3 is 2.70 bits per heavy atom. The zero-order valence-corrected chi connectivity index (χ0v) is 15.2. The first-order chi connectivity index (χ1) is 11.0. The van der Waals surface area contributed by atoms with E-state index in [1.165, 1.54) is 17.2 Å². The highest BCUT2D eigenvalue weighted by Crippen LogP contribution is 2.25. The van der Waals surface area contributed by atoms with Crippen LogP contribution >= 0.6 is 22.9 Å². The third-order valence-corrected chi connectivity index (χ3v) is 7.31. The predicted molar refractivity (Wildman–Crippen MR) is 94.5 cm³/mol. The lowest BCUT2D eigenvalue weighted by Crippen LogP contribution is -2.44. The SMILES string of the molecule is CC(CNS(=O)(=O)c1ccc(Cl)s1)N1CCc2ccccc2C1. The Labute approximate surface area is 146 Å². The van der Waals surface area contributed by atoms with Crippen molar-refractivity contribution in [3.05, 3.63) is 51.9 Å². The average Bonchev–Trinajstić information content (AvgIpc) is 2.99. The third-order valence-electron chi connectivity index (χ3n) is 4.17. The molecule has 1 unspecified atom stereocenters. The molecule has 1 aromatic heterocycles. The maximum Gasteiger partial charge on any atom is 0.250 e. The van der Waals surface area contributed by atoms with E-state index in [0.717, 1.165) is 30.8 Å². The minimum Gasteiger partial charge on any atom is -0.295 e. The summed E-state index contributed by atoms with van der Waals surface area (Å²) < 4.78 is 27.9. The van der Waals surface area contributed by atoms with Gasteiger partial charge >= 0.3 is 0 Å². The molecule has 3 rings (SSSR count). The highest BCUT2D eigenvalue weighted by molar-refractivity contribution is 7.91. The van der Waals surface area contributed by atoms with Crippen molar-refractivity contribution >= 4 is 33.0 Å². The van der Waals surface area contributed by atoms with Crippen LogP contribution in [0.2, 0.25) is 4.34 Å². The number of nitrogens with zero attached hydrogens (tertiary/aromatic N) is 1. The molecule has 0 bridgehead atoms. The molecular formula is C16H19ClN2O2S2. The Hall–Kier alpha value is -0.920. The summed E-state index contributed by atoms with van der Waals surface area (Å²) >= 11 is 6.89. The molecule has 0 saturated heterocycles. The summed E-state index contributed by atoms with van der Waals surface area (Å²) in [7, 11) is -3.48. The quantitative estimate of drug-likeness (QED) is 0.879. The number of thiophene rings is 1. The normalized spacial score (nSPS) is 17.0. The smallest absolute Gasteiger partial charge is 0.250 e. The lowest BCUT2D eigenvalue weighted by molar-refractivity contribution is 0.192. The van der Waals surface area contributed by atoms with Gasteiger partial charge in [0.1, 0.15) is 4.21 Å². The molecule has 7 heteroatoms. The number of halogens is 1. The lowest BCUT2D eigenvalue weighted by Gasteiger charge is -2.33. The van der Waals surface area contributed by atoms with Gasteiger partial charge in [0, 0.05) is 25.7 Å². The van der Waals surface area contributed by atoms with Gasteiger partial charge in [-0.1, -0.05) is 35.9 Å². The fourth-order valence-electron chi connectivity index (χ4n) is 2.77. The topological polar surface area (TPSA) is 49.4 Å². The van der Waals surface area contributed by atoms with Crippen molar-refractivity contribution in [3.8, 4) is 0 Å². The van der Waals surface area contributed by atoms with Gasteiger partial charge in [0.15, 0.2) is 0 Å². The number of hydrogen-bond donors (Lipinski definition) is 1. The molecular weight excluding hydrogens is 352 g/mol. The van der Waals surface area contributed by atoms with Crippen molar-refractivity contribution in [2.75, 3.05) is 13.1 Å². The van der Waals surface area contributed by atoms with Gasteiger partial charge in [-0.2, -0.15) is 0 Å². The second-order valence-corrected chi connectivity index (χ2v) is 9.46. The van der Waals surface area contributed by atoms with Crippen LogP contribution in [0, 0.1) is 0 Å². The molecule has 1 atom stereocenters. The highest BCUT2D eigenvalue weighted by atomic mass is 35.5. The standard InChI is InChI=1S/C16H19ClN2O2S2/c1-12(10-18-23(20,21)16-7-6-15(17)22-16)19-9-8-13-4-2-3-5-14(13)11-19/h2-7,12,18H,8-11H2,1H3. The monoisotopic (exact) mass is 370 g/mol. The van der Waals surface area contributed by atoms with Crippen LogP contribution in [0.4, 0.5) is 0 Å². The zero-order valence-electron chi connectivity index (χ0n) is 12.8. The van der Waals surface area contributed by atoms with Crippen LogP contribution in [-0.2, 0) is 23.0 Å². The fraction of sp³-hybridized carbons (Fsp3) is 0.375. The highest BCUT2D eigenvalue weighted by Gasteiger charge is 2.23. The van der Waals surface area contributed by atoms with Crippen LogP contribution in [0.1, 0.15) is 18.1 Å². The number of rotatable bonds is 5. The van der Waals surface area contributed by atoms with E-state index in [2.05, 4.69) is 40.8 Å². The molecule has 1 aliphatic heterocycles. The number of nitrogens with one attached hydrogen (secondary N) is 1. The second kappa shape index (κ2) is 6.91.